The van der Waals surface area contributed by atoms with E-state index in [1.54, 1.807) is 0 Å². The Morgan fingerprint density at radius 1 is 0.941 bits per heavy atom. The first-order valence-electron chi connectivity index (χ1n) is 4.87. The number of rotatable bonds is 7. The Morgan fingerprint density at radius 3 is 1.53 bits per heavy atom. The third-order valence-corrected chi connectivity index (χ3v) is 3.97. The van der Waals surface area contributed by atoms with Gasteiger partial charge < -0.3 is 0 Å². The Bertz CT molecular complexity index is 474. The first-order chi connectivity index (χ1) is 7.76. The molecule has 96 valence electrons. The lowest BCUT2D eigenvalue weighted by atomic mass is 10.1. The van der Waals surface area contributed by atoms with E-state index >= 15 is 0 Å². The fourth-order valence-electron chi connectivity index (χ4n) is 0.868. The molecule has 0 aliphatic rings. The van der Waals surface area contributed by atoms with Crippen LogP contribution in [0.4, 0.5) is 0 Å². The molecule has 0 unspecified atom stereocenters. The van der Waals surface area contributed by atoms with Gasteiger partial charge in [0.2, 0.25) is 0 Å². The lowest BCUT2D eigenvalue weighted by molar-refractivity contribution is 0.611. The standard InChI is InChI=1S/C11H16O4S2/c1-4-11(7-9-16(12,13)5-2)8-10-17(14,15)6-3/h5-11H,2-4H2,1H3. The van der Waals surface area contributed by atoms with Crippen LogP contribution in [-0.4, -0.2) is 16.8 Å². The lowest BCUT2D eigenvalue weighted by Crippen LogP contribution is -1.95. The summed E-state index contributed by atoms with van der Waals surface area (Å²) in [6.45, 7) is 8.16. The summed E-state index contributed by atoms with van der Waals surface area (Å²) in [6, 6.07) is 0. The summed E-state index contributed by atoms with van der Waals surface area (Å²) in [7, 11) is -6.81. The molecule has 0 aromatic carbocycles. The highest BCUT2D eigenvalue weighted by Gasteiger charge is 2.03. The summed E-state index contributed by atoms with van der Waals surface area (Å²) >= 11 is 0. The maximum Gasteiger partial charge on any atom is 0.192 e. The molecule has 17 heavy (non-hydrogen) atoms. The summed E-state index contributed by atoms with van der Waals surface area (Å²) in [5.41, 5.74) is 0. The van der Waals surface area contributed by atoms with Crippen molar-refractivity contribution in [2.24, 2.45) is 5.92 Å². The highest BCUT2D eigenvalue weighted by Crippen LogP contribution is 2.10. The molecular weight excluding hydrogens is 260 g/mol. The molecule has 0 fully saturated rings. The molecule has 0 heterocycles. The highest BCUT2D eigenvalue weighted by atomic mass is 32.2. The lowest BCUT2D eigenvalue weighted by Gasteiger charge is -2.01. The van der Waals surface area contributed by atoms with Gasteiger partial charge in [0.15, 0.2) is 19.7 Å². The number of hydrogen-bond donors (Lipinski definition) is 0. The van der Waals surface area contributed by atoms with Crippen molar-refractivity contribution in [3.8, 4) is 0 Å². The fraction of sp³-hybridized carbons (Fsp3) is 0.273. The maximum atomic E-state index is 11.1. The molecule has 0 aromatic rings. The van der Waals surface area contributed by atoms with Crippen molar-refractivity contribution < 1.29 is 16.8 Å². The molecular formula is C11H16O4S2. The zero-order valence-corrected chi connectivity index (χ0v) is 11.2. The summed E-state index contributed by atoms with van der Waals surface area (Å²) in [5, 5.41) is 3.69. The summed E-state index contributed by atoms with van der Waals surface area (Å²) in [5.74, 6) is -0.264. The van der Waals surface area contributed by atoms with Crippen molar-refractivity contribution in [3.63, 3.8) is 0 Å². The average molecular weight is 276 g/mol. The van der Waals surface area contributed by atoms with Gasteiger partial charge in [-0.05, 0) is 12.3 Å². The second kappa shape index (κ2) is 6.56. The van der Waals surface area contributed by atoms with Gasteiger partial charge in [-0.3, -0.25) is 0 Å². The van der Waals surface area contributed by atoms with Crippen LogP contribution in [0.2, 0.25) is 0 Å². The maximum absolute atomic E-state index is 11.1. The number of sulfone groups is 2. The van der Waals surface area contributed by atoms with Gasteiger partial charge in [-0.15, -0.1) is 0 Å². The summed E-state index contributed by atoms with van der Waals surface area (Å²) in [6.07, 6.45) is 3.44. The second-order valence-corrected chi connectivity index (χ2v) is 6.81. The van der Waals surface area contributed by atoms with Gasteiger partial charge in [-0.25, -0.2) is 16.8 Å². The van der Waals surface area contributed by atoms with Crippen LogP contribution in [-0.2, 0) is 19.7 Å². The molecule has 0 rings (SSSR count). The zero-order valence-electron chi connectivity index (χ0n) is 9.61. The van der Waals surface area contributed by atoms with Crippen LogP contribution in [0.3, 0.4) is 0 Å². The van der Waals surface area contributed by atoms with E-state index in [1.807, 2.05) is 6.92 Å². The predicted molar refractivity (Wildman–Crippen MR) is 70.3 cm³/mol. The smallest absolute Gasteiger partial charge is 0.192 e. The van der Waals surface area contributed by atoms with E-state index in [2.05, 4.69) is 13.2 Å². The molecule has 0 aliphatic carbocycles. The minimum Gasteiger partial charge on any atom is -0.220 e. The minimum atomic E-state index is -3.40. The van der Waals surface area contributed by atoms with Crippen LogP contribution >= 0.6 is 0 Å². The van der Waals surface area contributed by atoms with Crippen LogP contribution in [0, 0.1) is 5.92 Å². The third-order valence-electron chi connectivity index (χ3n) is 1.97. The van der Waals surface area contributed by atoms with E-state index in [9.17, 15) is 16.8 Å². The van der Waals surface area contributed by atoms with E-state index in [0.717, 1.165) is 21.6 Å². The Labute approximate surface area is 103 Å². The molecule has 0 aromatic heterocycles. The van der Waals surface area contributed by atoms with Crippen molar-refractivity contribution in [1.82, 2.24) is 0 Å². The van der Waals surface area contributed by atoms with Crippen molar-refractivity contribution >= 4 is 19.7 Å². The molecule has 4 nitrogen and oxygen atoms in total. The largest absolute Gasteiger partial charge is 0.220 e. The van der Waals surface area contributed by atoms with Crippen molar-refractivity contribution in [3.05, 3.63) is 46.9 Å². The second-order valence-electron chi connectivity index (χ2n) is 3.24. The van der Waals surface area contributed by atoms with Gasteiger partial charge >= 0.3 is 0 Å². The monoisotopic (exact) mass is 276 g/mol. The first kappa shape index (κ1) is 15.9. The van der Waals surface area contributed by atoms with Crippen molar-refractivity contribution in [2.75, 3.05) is 0 Å². The molecule has 0 saturated carbocycles. The highest BCUT2D eigenvalue weighted by molar-refractivity contribution is 7.97. The van der Waals surface area contributed by atoms with Crippen LogP contribution in [0.5, 0.6) is 0 Å². The molecule has 6 heteroatoms. The Morgan fingerprint density at radius 2 is 1.29 bits per heavy atom. The van der Waals surface area contributed by atoms with E-state index in [-0.39, 0.29) is 5.92 Å². The molecule has 0 bridgehead atoms. The average Bonchev–Trinajstić information content (AvgIpc) is 2.29. The molecule has 0 saturated heterocycles. The van der Waals surface area contributed by atoms with Crippen LogP contribution in [0.15, 0.2) is 46.9 Å². The Hall–Kier alpha value is -1.14. The SMILES string of the molecule is C=CS(=O)(=O)C=CC(C=CS(=O)(=O)C=C)CC. The zero-order chi connectivity index (χ0) is 13.5. The molecule has 0 spiro atoms. The van der Waals surface area contributed by atoms with E-state index in [0.29, 0.717) is 6.42 Å². The van der Waals surface area contributed by atoms with Crippen molar-refractivity contribution in [2.45, 2.75) is 13.3 Å². The van der Waals surface area contributed by atoms with Gasteiger partial charge in [-0.2, -0.15) is 0 Å². The van der Waals surface area contributed by atoms with E-state index in [1.165, 1.54) is 12.2 Å². The van der Waals surface area contributed by atoms with Gasteiger partial charge in [-0.1, -0.05) is 32.2 Å². The van der Waals surface area contributed by atoms with Gasteiger partial charge in [0.05, 0.1) is 0 Å². The van der Waals surface area contributed by atoms with Gasteiger partial charge in [0, 0.05) is 21.6 Å². The number of hydrogen-bond acceptors (Lipinski definition) is 4. The normalized spacial score (nSPS) is 15.1. The quantitative estimate of drug-likeness (QED) is 0.714. The Kier molecular flexibility index (Phi) is 6.12. The van der Waals surface area contributed by atoms with Crippen LogP contribution < -0.4 is 0 Å². The first-order valence-corrected chi connectivity index (χ1v) is 8.09. The molecule has 0 atom stereocenters. The van der Waals surface area contributed by atoms with Crippen LogP contribution in [0.1, 0.15) is 13.3 Å². The minimum absolute atomic E-state index is 0.264. The molecule has 0 aliphatic heterocycles. The Balaban J connectivity index is 4.91. The summed E-state index contributed by atoms with van der Waals surface area (Å²) in [4.78, 5) is 0. The van der Waals surface area contributed by atoms with Gasteiger partial charge in [0.25, 0.3) is 0 Å². The van der Waals surface area contributed by atoms with E-state index < -0.39 is 19.7 Å². The third kappa shape index (κ3) is 6.91. The predicted octanol–water partition coefficient (Wildman–Crippen LogP) is 2.16. The fourth-order valence-corrected chi connectivity index (χ4v) is 1.93. The van der Waals surface area contributed by atoms with E-state index in [4.69, 9.17) is 0 Å². The molecule has 0 N–H and O–H groups in total. The van der Waals surface area contributed by atoms with Crippen LogP contribution in [0.25, 0.3) is 0 Å². The topological polar surface area (TPSA) is 68.3 Å². The molecule has 0 radical (unpaired) electrons. The molecule has 0 amide bonds. The van der Waals surface area contributed by atoms with Gasteiger partial charge in [0.1, 0.15) is 0 Å². The van der Waals surface area contributed by atoms with Crippen molar-refractivity contribution in [1.29, 1.82) is 0 Å². The number of allylic oxidation sites excluding steroid dienone is 2. The summed E-state index contributed by atoms with van der Waals surface area (Å²) < 4.78 is 44.5.